The average Bonchev–Trinajstić information content (AvgIpc) is 3.24. The molecule has 2 heterocycles. The lowest BCUT2D eigenvalue weighted by Crippen LogP contribution is -2.43. The van der Waals surface area contributed by atoms with Crippen molar-refractivity contribution in [2.24, 2.45) is 0 Å². The Morgan fingerprint density at radius 1 is 1.13 bits per heavy atom. The van der Waals surface area contributed by atoms with Gasteiger partial charge in [-0.15, -0.1) is 11.3 Å². The van der Waals surface area contributed by atoms with Crippen molar-refractivity contribution in [1.82, 2.24) is 10.2 Å². The second-order valence-electron chi connectivity index (χ2n) is 7.75. The van der Waals surface area contributed by atoms with E-state index in [1.54, 1.807) is 25.6 Å². The fourth-order valence-electron chi connectivity index (χ4n) is 4.29. The van der Waals surface area contributed by atoms with Crippen LogP contribution in [0, 0.1) is 0 Å². The number of nitrogens with one attached hydrogen (secondary N) is 1. The molecule has 2 aromatic rings. The van der Waals surface area contributed by atoms with Crippen molar-refractivity contribution in [3.8, 4) is 11.5 Å². The largest absolute Gasteiger partial charge is 0.493 e. The van der Waals surface area contributed by atoms with Gasteiger partial charge < -0.3 is 19.5 Å². The highest BCUT2D eigenvalue weighted by Gasteiger charge is 2.25. The third-order valence-corrected chi connectivity index (χ3v) is 7.19. The lowest BCUT2D eigenvalue weighted by atomic mass is 9.99. The van der Waals surface area contributed by atoms with Gasteiger partial charge in [-0.05, 0) is 55.0 Å². The molecule has 0 spiro atoms. The van der Waals surface area contributed by atoms with Gasteiger partial charge in [-0.2, -0.15) is 0 Å². The zero-order valence-corrected chi connectivity index (χ0v) is 18.6. The molecule has 1 atom stereocenters. The van der Waals surface area contributed by atoms with Crippen LogP contribution in [0.15, 0.2) is 24.3 Å². The molecule has 1 unspecified atom stereocenters. The molecular formula is C23H30N2O4S. The summed E-state index contributed by atoms with van der Waals surface area (Å²) < 4.78 is 16.4. The Morgan fingerprint density at radius 3 is 2.63 bits per heavy atom. The van der Waals surface area contributed by atoms with E-state index in [4.69, 9.17) is 14.2 Å². The van der Waals surface area contributed by atoms with Crippen LogP contribution in [-0.4, -0.2) is 57.9 Å². The fourth-order valence-corrected chi connectivity index (χ4v) is 5.46. The minimum absolute atomic E-state index is 0.0214. The van der Waals surface area contributed by atoms with Gasteiger partial charge in [0.1, 0.15) is 0 Å². The number of aryl methyl sites for hydroxylation is 2. The van der Waals surface area contributed by atoms with Gasteiger partial charge in [0, 0.05) is 24.5 Å². The quantitative estimate of drug-likeness (QED) is 0.729. The Balaban J connectivity index is 1.51. The molecule has 0 bridgehead atoms. The fraction of sp³-hybridized carbons (Fsp3) is 0.522. The van der Waals surface area contributed by atoms with Crippen LogP contribution >= 0.6 is 11.3 Å². The molecule has 7 heteroatoms. The number of rotatable bonds is 7. The summed E-state index contributed by atoms with van der Waals surface area (Å²) in [5, 5.41) is 3.19. The lowest BCUT2D eigenvalue weighted by molar-refractivity contribution is 0.0162. The minimum Gasteiger partial charge on any atom is -0.493 e. The van der Waals surface area contributed by atoms with Crippen molar-refractivity contribution in [1.29, 1.82) is 0 Å². The zero-order valence-electron chi connectivity index (χ0n) is 17.7. The number of hydrogen-bond acceptors (Lipinski definition) is 6. The number of morpholine rings is 1. The Morgan fingerprint density at radius 2 is 1.90 bits per heavy atom. The van der Waals surface area contributed by atoms with E-state index in [1.807, 2.05) is 12.1 Å². The highest BCUT2D eigenvalue weighted by molar-refractivity contribution is 7.14. The predicted molar refractivity (Wildman–Crippen MR) is 118 cm³/mol. The Hall–Kier alpha value is -2.09. The number of benzene rings is 1. The maximum atomic E-state index is 12.9. The van der Waals surface area contributed by atoms with Gasteiger partial charge in [-0.1, -0.05) is 6.07 Å². The summed E-state index contributed by atoms with van der Waals surface area (Å²) in [5.74, 6) is 1.42. The Labute approximate surface area is 182 Å². The molecule has 162 valence electrons. The molecule has 1 amide bonds. The molecule has 1 fully saturated rings. The second kappa shape index (κ2) is 9.81. The number of nitrogens with zero attached hydrogens (tertiary/aromatic N) is 1. The van der Waals surface area contributed by atoms with E-state index in [1.165, 1.54) is 23.3 Å². The van der Waals surface area contributed by atoms with Crippen LogP contribution in [0.2, 0.25) is 0 Å². The number of thiophene rings is 1. The standard InChI is InChI=1S/C23H30N2O4S/c1-27-19-8-7-16(13-20(19)28-2)18(25-9-11-29-12-10-25)15-24-23(26)22-14-17-5-3-4-6-21(17)30-22/h7-8,13-14,18H,3-6,9-12,15H2,1-2H3,(H,24,26). The summed E-state index contributed by atoms with van der Waals surface area (Å²) in [5.41, 5.74) is 2.46. The van der Waals surface area contributed by atoms with Gasteiger partial charge >= 0.3 is 0 Å². The number of amides is 1. The molecule has 2 aliphatic rings. The molecule has 0 saturated carbocycles. The summed E-state index contributed by atoms with van der Waals surface area (Å²) in [7, 11) is 3.28. The van der Waals surface area contributed by atoms with E-state index >= 15 is 0 Å². The summed E-state index contributed by atoms with van der Waals surface area (Å²) >= 11 is 1.66. The topological polar surface area (TPSA) is 60.0 Å². The summed E-state index contributed by atoms with van der Waals surface area (Å²) in [6.07, 6.45) is 4.66. The van der Waals surface area contributed by atoms with Crippen molar-refractivity contribution in [3.05, 3.63) is 45.1 Å². The number of methoxy groups -OCH3 is 2. The molecule has 1 aliphatic carbocycles. The molecule has 1 N–H and O–H groups in total. The summed E-state index contributed by atoms with van der Waals surface area (Å²) in [6.45, 7) is 3.62. The smallest absolute Gasteiger partial charge is 0.261 e. The van der Waals surface area contributed by atoms with E-state index in [9.17, 15) is 4.79 Å². The Bertz CT molecular complexity index is 853. The molecule has 1 aromatic heterocycles. The molecule has 1 aliphatic heterocycles. The maximum absolute atomic E-state index is 12.9. The van der Waals surface area contributed by atoms with Crippen molar-refractivity contribution >= 4 is 17.2 Å². The average molecular weight is 431 g/mol. The second-order valence-corrected chi connectivity index (χ2v) is 8.89. The third kappa shape index (κ3) is 4.63. The predicted octanol–water partition coefficient (Wildman–Crippen LogP) is 3.45. The third-order valence-electron chi connectivity index (χ3n) is 5.96. The van der Waals surface area contributed by atoms with Crippen LogP contribution in [-0.2, 0) is 17.6 Å². The first-order valence-electron chi connectivity index (χ1n) is 10.6. The van der Waals surface area contributed by atoms with Crippen LogP contribution in [0.25, 0.3) is 0 Å². The van der Waals surface area contributed by atoms with E-state index < -0.39 is 0 Å². The number of carbonyl (C=O) groups is 1. The van der Waals surface area contributed by atoms with Crippen molar-refractivity contribution < 1.29 is 19.0 Å². The van der Waals surface area contributed by atoms with Crippen LogP contribution in [0.3, 0.4) is 0 Å². The first-order valence-corrected chi connectivity index (χ1v) is 11.4. The summed E-state index contributed by atoms with van der Waals surface area (Å²) in [4.78, 5) is 17.5. The first kappa shape index (κ1) is 21.2. The molecular weight excluding hydrogens is 400 g/mol. The van der Waals surface area contributed by atoms with E-state index in [0.29, 0.717) is 31.3 Å². The lowest BCUT2D eigenvalue weighted by Gasteiger charge is -2.35. The van der Waals surface area contributed by atoms with Gasteiger partial charge in [-0.25, -0.2) is 0 Å². The van der Waals surface area contributed by atoms with Crippen LogP contribution in [0.4, 0.5) is 0 Å². The number of ether oxygens (including phenoxy) is 3. The van der Waals surface area contributed by atoms with Crippen LogP contribution in [0.5, 0.6) is 11.5 Å². The summed E-state index contributed by atoms with van der Waals surface area (Å²) in [6, 6.07) is 8.13. The SMILES string of the molecule is COc1ccc(C(CNC(=O)c2cc3c(s2)CCCC3)N2CCOCC2)cc1OC. The minimum atomic E-state index is 0.0214. The van der Waals surface area contributed by atoms with Crippen LogP contribution < -0.4 is 14.8 Å². The highest BCUT2D eigenvalue weighted by atomic mass is 32.1. The molecule has 30 heavy (non-hydrogen) atoms. The normalized spacial score (nSPS) is 17.8. The van der Waals surface area contributed by atoms with Gasteiger partial charge in [0.2, 0.25) is 0 Å². The molecule has 6 nitrogen and oxygen atoms in total. The zero-order chi connectivity index (χ0) is 20.9. The first-order chi connectivity index (χ1) is 14.7. The molecule has 0 radical (unpaired) electrons. The number of fused-ring (bicyclic) bond motifs is 1. The highest BCUT2D eigenvalue weighted by Crippen LogP contribution is 2.33. The Kier molecular flexibility index (Phi) is 6.92. The van der Waals surface area contributed by atoms with Gasteiger partial charge in [-0.3, -0.25) is 9.69 Å². The molecule has 1 aromatic carbocycles. The van der Waals surface area contributed by atoms with Gasteiger partial charge in [0.25, 0.3) is 5.91 Å². The van der Waals surface area contributed by atoms with Crippen LogP contribution in [0.1, 0.15) is 44.6 Å². The van der Waals surface area contributed by atoms with E-state index in [0.717, 1.165) is 36.4 Å². The van der Waals surface area contributed by atoms with Crippen molar-refractivity contribution in [2.75, 3.05) is 47.1 Å². The number of hydrogen-bond donors (Lipinski definition) is 1. The van der Waals surface area contributed by atoms with E-state index in [-0.39, 0.29) is 11.9 Å². The van der Waals surface area contributed by atoms with Gasteiger partial charge in [0.15, 0.2) is 11.5 Å². The maximum Gasteiger partial charge on any atom is 0.261 e. The van der Waals surface area contributed by atoms with Crippen molar-refractivity contribution in [3.63, 3.8) is 0 Å². The molecule has 4 rings (SSSR count). The molecule has 1 saturated heterocycles. The number of carbonyl (C=O) groups excluding carboxylic acids is 1. The van der Waals surface area contributed by atoms with Gasteiger partial charge in [0.05, 0.1) is 38.4 Å². The van der Waals surface area contributed by atoms with E-state index in [2.05, 4.69) is 22.3 Å². The van der Waals surface area contributed by atoms with Crippen molar-refractivity contribution in [2.45, 2.75) is 31.7 Å². The monoisotopic (exact) mass is 430 g/mol.